The van der Waals surface area contributed by atoms with Crippen molar-refractivity contribution in [3.8, 4) is 22.8 Å². The zero-order chi connectivity index (χ0) is 27.0. The van der Waals surface area contributed by atoms with Crippen LogP contribution in [0.25, 0.3) is 11.3 Å². The Bertz CT molecular complexity index is 1310. The number of carbonyl (C=O) groups excluding carboxylic acids is 1. The number of nitrogens with one attached hydrogen (secondary N) is 1. The molecule has 0 spiro atoms. The lowest BCUT2D eigenvalue weighted by atomic mass is 9.74. The average Bonchev–Trinajstić information content (AvgIpc) is 3.32. The maximum absolute atomic E-state index is 12.8. The SMILES string of the molecule is COc1ccc(-c2cc(C3CN4CCC3CC4CNC(=O)c3ccc(C(F)(F)F)cc3)n(C)n2)cc1OC. The van der Waals surface area contributed by atoms with E-state index in [-0.39, 0.29) is 17.5 Å². The number of rotatable bonds is 7. The van der Waals surface area contributed by atoms with Crippen LogP contribution in [0.1, 0.15) is 40.4 Å². The van der Waals surface area contributed by atoms with Crippen molar-refractivity contribution in [2.45, 2.75) is 31.0 Å². The molecule has 3 saturated heterocycles. The van der Waals surface area contributed by atoms with Gasteiger partial charge in [0, 0.05) is 48.9 Å². The summed E-state index contributed by atoms with van der Waals surface area (Å²) < 4.78 is 51.2. The number of aromatic nitrogens is 2. The molecule has 0 aliphatic carbocycles. The molecule has 0 saturated carbocycles. The van der Waals surface area contributed by atoms with Gasteiger partial charge in [-0.3, -0.25) is 14.4 Å². The number of aryl methyl sites for hydroxylation is 1. The minimum absolute atomic E-state index is 0.196. The zero-order valence-electron chi connectivity index (χ0n) is 21.6. The summed E-state index contributed by atoms with van der Waals surface area (Å²) in [5.74, 6) is 1.75. The van der Waals surface area contributed by atoms with Crippen LogP contribution in [-0.4, -0.2) is 60.5 Å². The first-order valence-electron chi connectivity index (χ1n) is 12.6. The lowest BCUT2D eigenvalue weighted by Crippen LogP contribution is -2.56. The van der Waals surface area contributed by atoms with Crippen molar-refractivity contribution in [3.63, 3.8) is 0 Å². The van der Waals surface area contributed by atoms with Crippen LogP contribution >= 0.6 is 0 Å². The predicted molar refractivity (Wildman–Crippen MR) is 136 cm³/mol. The summed E-state index contributed by atoms with van der Waals surface area (Å²) in [4.78, 5) is 15.0. The van der Waals surface area contributed by atoms with Crippen LogP contribution in [0.5, 0.6) is 11.5 Å². The molecule has 6 rings (SSSR count). The van der Waals surface area contributed by atoms with Gasteiger partial charge >= 0.3 is 6.18 Å². The van der Waals surface area contributed by atoms with Gasteiger partial charge in [-0.1, -0.05) is 0 Å². The third-order valence-electron chi connectivity index (χ3n) is 7.83. The summed E-state index contributed by atoms with van der Waals surface area (Å²) in [7, 11) is 5.19. The number of hydrogen-bond donors (Lipinski definition) is 1. The maximum Gasteiger partial charge on any atom is 0.416 e. The number of nitrogens with zero attached hydrogens (tertiary/aromatic N) is 3. The van der Waals surface area contributed by atoms with Gasteiger partial charge in [-0.05, 0) is 73.8 Å². The van der Waals surface area contributed by atoms with Gasteiger partial charge in [0.25, 0.3) is 5.91 Å². The topological polar surface area (TPSA) is 68.6 Å². The quantitative estimate of drug-likeness (QED) is 0.480. The van der Waals surface area contributed by atoms with E-state index in [4.69, 9.17) is 14.6 Å². The fourth-order valence-corrected chi connectivity index (χ4v) is 5.77. The predicted octanol–water partition coefficient (Wildman–Crippen LogP) is 4.73. The molecule has 3 aliphatic heterocycles. The van der Waals surface area contributed by atoms with E-state index in [1.807, 2.05) is 29.9 Å². The highest BCUT2D eigenvalue weighted by Gasteiger charge is 2.42. The van der Waals surface area contributed by atoms with Crippen molar-refractivity contribution >= 4 is 5.91 Å². The summed E-state index contributed by atoms with van der Waals surface area (Å²) in [5.41, 5.74) is 2.47. The van der Waals surface area contributed by atoms with Gasteiger partial charge < -0.3 is 14.8 Å². The van der Waals surface area contributed by atoms with E-state index in [0.717, 1.165) is 49.3 Å². The highest BCUT2D eigenvalue weighted by atomic mass is 19.4. The molecule has 0 radical (unpaired) electrons. The van der Waals surface area contributed by atoms with E-state index in [0.29, 0.717) is 29.9 Å². The summed E-state index contributed by atoms with van der Waals surface area (Å²) in [6.07, 6.45) is -2.41. The third kappa shape index (κ3) is 5.09. The first kappa shape index (κ1) is 26.1. The van der Waals surface area contributed by atoms with Crippen molar-refractivity contribution in [1.82, 2.24) is 20.0 Å². The Morgan fingerprint density at radius 3 is 2.45 bits per heavy atom. The molecule has 7 nitrogen and oxygen atoms in total. The Hall–Kier alpha value is -3.53. The summed E-state index contributed by atoms with van der Waals surface area (Å²) in [6, 6.07) is 12.4. The molecule has 2 bridgehead atoms. The monoisotopic (exact) mass is 528 g/mol. The smallest absolute Gasteiger partial charge is 0.416 e. The molecule has 202 valence electrons. The lowest BCUT2D eigenvalue weighted by Gasteiger charge is -2.50. The van der Waals surface area contributed by atoms with E-state index in [1.165, 1.54) is 17.8 Å². The average molecular weight is 529 g/mol. The Morgan fingerprint density at radius 1 is 1.08 bits per heavy atom. The van der Waals surface area contributed by atoms with Gasteiger partial charge in [-0.2, -0.15) is 18.3 Å². The number of ether oxygens (including phenoxy) is 2. The Morgan fingerprint density at radius 2 is 1.82 bits per heavy atom. The highest BCUT2D eigenvalue weighted by Crippen LogP contribution is 2.42. The molecule has 2 aromatic carbocycles. The fraction of sp³-hybridized carbons (Fsp3) is 0.429. The second kappa shape index (κ2) is 10.3. The minimum atomic E-state index is -4.42. The molecule has 4 unspecified atom stereocenters. The summed E-state index contributed by atoms with van der Waals surface area (Å²) in [5, 5.41) is 7.70. The number of carbonyl (C=O) groups is 1. The Balaban J connectivity index is 1.23. The van der Waals surface area contributed by atoms with Crippen molar-refractivity contribution < 1.29 is 27.4 Å². The van der Waals surface area contributed by atoms with Crippen LogP contribution in [-0.2, 0) is 13.2 Å². The number of piperidine rings is 3. The van der Waals surface area contributed by atoms with Crippen LogP contribution in [0.15, 0.2) is 48.5 Å². The second-order valence-electron chi connectivity index (χ2n) is 9.97. The van der Waals surface area contributed by atoms with Crippen molar-refractivity contribution in [1.29, 1.82) is 0 Å². The van der Waals surface area contributed by atoms with Gasteiger partial charge in [-0.25, -0.2) is 0 Å². The lowest BCUT2D eigenvalue weighted by molar-refractivity contribution is -0.137. The largest absolute Gasteiger partial charge is 0.493 e. The minimum Gasteiger partial charge on any atom is -0.493 e. The summed E-state index contributed by atoms with van der Waals surface area (Å²) >= 11 is 0. The van der Waals surface area contributed by atoms with Crippen molar-refractivity contribution in [2.24, 2.45) is 13.0 Å². The van der Waals surface area contributed by atoms with Crippen molar-refractivity contribution in [3.05, 3.63) is 65.4 Å². The molecule has 3 aromatic rings. The zero-order valence-corrected chi connectivity index (χ0v) is 21.6. The number of amides is 1. The molecule has 3 fully saturated rings. The van der Waals surface area contributed by atoms with Gasteiger partial charge in [0.15, 0.2) is 11.5 Å². The summed E-state index contributed by atoms with van der Waals surface area (Å²) in [6.45, 7) is 2.30. The Kier molecular flexibility index (Phi) is 7.09. The number of alkyl halides is 3. The first-order chi connectivity index (χ1) is 18.2. The number of benzene rings is 2. The molecule has 10 heteroatoms. The molecule has 38 heavy (non-hydrogen) atoms. The maximum atomic E-state index is 12.8. The molecular weight excluding hydrogens is 497 g/mol. The van der Waals surface area contributed by atoms with Crippen LogP contribution < -0.4 is 14.8 Å². The standard InChI is InChI=1S/C28H31F3N4O3/c1-34-24(14-23(33-34)19-6-9-25(37-2)26(13-19)38-3)22-16-35-11-10-18(22)12-21(35)15-32-27(36)17-4-7-20(8-5-17)28(29,30)31/h4-9,13-14,18,21-22H,10-12,15-16H2,1-3H3,(H,32,36). The second-order valence-corrected chi connectivity index (χ2v) is 9.97. The number of methoxy groups -OCH3 is 2. The molecule has 1 aromatic heterocycles. The number of fused-ring (bicyclic) bond motifs is 3. The van der Waals surface area contributed by atoms with Gasteiger partial charge in [0.2, 0.25) is 0 Å². The van der Waals surface area contributed by atoms with Gasteiger partial charge in [0.1, 0.15) is 0 Å². The third-order valence-corrected chi connectivity index (χ3v) is 7.83. The normalized spacial score (nSPS) is 22.8. The highest BCUT2D eigenvalue weighted by molar-refractivity contribution is 5.94. The van der Waals surface area contributed by atoms with E-state index >= 15 is 0 Å². The van der Waals surface area contributed by atoms with Crippen molar-refractivity contribution in [2.75, 3.05) is 33.9 Å². The van der Waals surface area contributed by atoms with E-state index in [2.05, 4.69) is 16.3 Å². The number of hydrogen-bond acceptors (Lipinski definition) is 5. The molecule has 4 atom stereocenters. The van der Waals surface area contributed by atoms with E-state index < -0.39 is 11.7 Å². The molecule has 3 aliphatic rings. The molecule has 1 N–H and O–H groups in total. The van der Waals surface area contributed by atoms with E-state index in [9.17, 15) is 18.0 Å². The molecule has 4 heterocycles. The van der Waals surface area contributed by atoms with E-state index in [1.54, 1.807) is 14.2 Å². The van der Waals surface area contributed by atoms with Crippen LogP contribution in [0.4, 0.5) is 13.2 Å². The molecule has 1 amide bonds. The number of halogens is 3. The van der Waals surface area contributed by atoms with Gasteiger partial charge in [0.05, 0.1) is 25.5 Å². The van der Waals surface area contributed by atoms with Gasteiger partial charge in [-0.15, -0.1) is 0 Å². The molecular formula is C28H31F3N4O3. The van der Waals surface area contributed by atoms with Crippen LogP contribution in [0.2, 0.25) is 0 Å². The fourth-order valence-electron chi connectivity index (χ4n) is 5.77. The first-order valence-corrected chi connectivity index (χ1v) is 12.6. The van der Waals surface area contributed by atoms with Crippen LogP contribution in [0, 0.1) is 5.92 Å². The Labute approximate surface area is 219 Å². The van der Waals surface area contributed by atoms with Crippen LogP contribution in [0.3, 0.4) is 0 Å².